The van der Waals surface area contributed by atoms with Gasteiger partial charge < -0.3 is 10.4 Å². The van der Waals surface area contributed by atoms with Crippen molar-refractivity contribution < 1.29 is 14.7 Å². The number of carbonyl (C=O) groups is 2. The molecule has 0 heterocycles. The Kier molecular flexibility index (Phi) is 4.06. The smallest absolute Gasteiger partial charge is 0.323 e. The molecule has 88 valence electrons. The summed E-state index contributed by atoms with van der Waals surface area (Å²) in [4.78, 5) is 23.0. The summed E-state index contributed by atoms with van der Waals surface area (Å²) >= 11 is 0. The van der Waals surface area contributed by atoms with Gasteiger partial charge in [-0.25, -0.2) is 4.79 Å². The first kappa shape index (κ1) is 12.5. The number of anilines is 1. The molecule has 0 saturated carbocycles. The van der Waals surface area contributed by atoms with Crippen LogP contribution in [-0.2, 0) is 4.79 Å². The SMILES string of the molecule is CN(C(=O)NCC(=O)O)c1ccc(C#N)cc1. The lowest BCUT2D eigenvalue weighted by molar-refractivity contribution is -0.135. The van der Waals surface area contributed by atoms with Crippen molar-refractivity contribution >= 4 is 17.7 Å². The number of rotatable bonds is 3. The van der Waals surface area contributed by atoms with E-state index >= 15 is 0 Å². The van der Waals surface area contributed by atoms with Gasteiger partial charge in [0, 0.05) is 12.7 Å². The van der Waals surface area contributed by atoms with Crippen molar-refractivity contribution in [1.82, 2.24) is 5.32 Å². The highest BCUT2D eigenvalue weighted by atomic mass is 16.4. The molecule has 2 N–H and O–H groups in total. The molecule has 6 nitrogen and oxygen atoms in total. The Balaban J connectivity index is 2.68. The lowest BCUT2D eigenvalue weighted by Gasteiger charge is -2.17. The number of hydrogen-bond acceptors (Lipinski definition) is 3. The molecule has 1 aromatic carbocycles. The van der Waals surface area contributed by atoms with Gasteiger partial charge in [-0.15, -0.1) is 0 Å². The number of nitriles is 1. The molecular weight excluding hydrogens is 222 g/mol. The van der Waals surface area contributed by atoms with Crippen molar-refractivity contribution in [2.24, 2.45) is 0 Å². The first-order valence-electron chi connectivity index (χ1n) is 4.78. The Morgan fingerprint density at radius 3 is 2.47 bits per heavy atom. The molecule has 0 unspecified atom stereocenters. The van der Waals surface area contributed by atoms with Crippen molar-refractivity contribution in [3.63, 3.8) is 0 Å². The third-order valence-electron chi connectivity index (χ3n) is 2.08. The predicted octanol–water partition coefficient (Wildman–Crippen LogP) is 0.789. The van der Waals surface area contributed by atoms with Gasteiger partial charge in [0.25, 0.3) is 0 Å². The Morgan fingerprint density at radius 1 is 1.41 bits per heavy atom. The van der Waals surface area contributed by atoms with E-state index < -0.39 is 18.5 Å². The fraction of sp³-hybridized carbons (Fsp3) is 0.182. The van der Waals surface area contributed by atoms with Crippen LogP contribution in [0.2, 0.25) is 0 Å². The molecule has 0 aliphatic rings. The minimum atomic E-state index is -1.11. The van der Waals surface area contributed by atoms with Crippen LogP contribution in [0.3, 0.4) is 0 Å². The third kappa shape index (κ3) is 3.50. The summed E-state index contributed by atoms with van der Waals surface area (Å²) in [6, 6.07) is 7.83. The fourth-order valence-electron chi connectivity index (χ4n) is 1.15. The molecule has 0 fully saturated rings. The zero-order chi connectivity index (χ0) is 12.8. The second-order valence-corrected chi connectivity index (χ2v) is 3.27. The summed E-state index contributed by atoms with van der Waals surface area (Å²) in [7, 11) is 1.51. The summed E-state index contributed by atoms with van der Waals surface area (Å²) in [6.07, 6.45) is 0. The van der Waals surface area contributed by atoms with Gasteiger partial charge in [-0.1, -0.05) is 0 Å². The highest BCUT2D eigenvalue weighted by Crippen LogP contribution is 2.13. The Labute approximate surface area is 98.1 Å². The van der Waals surface area contributed by atoms with E-state index in [4.69, 9.17) is 10.4 Å². The first-order valence-corrected chi connectivity index (χ1v) is 4.78. The maximum atomic E-state index is 11.5. The lowest BCUT2D eigenvalue weighted by atomic mass is 10.2. The summed E-state index contributed by atoms with van der Waals surface area (Å²) < 4.78 is 0. The number of carbonyl (C=O) groups excluding carboxylic acids is 1. The molecule has 0 aromatic heterocycles. The number of carboxylic acids is 1. The fourth-order valence-corrected chi connectivity index (χ4v) is 1.15. The van der Waals surface area contributed by atoms with Crippen LogP contribution in [0.4, 0.5) is 10.5 Å². The molecule has 1 aromatic rings. The molecular formula is C11H11N3O3. The molecule has 6 heteroatoms. The molecule has 0 spiro atoms. The normalized spacial score (nSPS) is 9.18. The van der Waals surface area contributed by atoms with Gasteiger partial charge in [0.05, 0.1) is 11.6 Å². The average molecular weight is 233 g/mol. The van der Waals surface area contributed by atoms with Crippen LogP contribution in [0.5, 0.6) is 0 Å². The second-order valence-electron chi connectivity index (χ2n) is 3.27. The first-order chi connectivity index (χ1) is 8.04. The summed E-state index contributed by atoms with van der Waals surface area (Å²) in [6.45, 7) is -0.431. The van der Waals surface area contributed by atoms with E-state index in [1.165, 1.54) is 11.9 Å². The number of hydrogen-bond donors (Lipinski definition) is 2. The topological polar surface area (TPSA) is 93.4 Å². The number of nitrogens with zero attached hydrogens (tertiary/aromatic N) is 2. The van der Waals surface area contributed by atoms with Gasteiger partial charge >= 0.3 is 12.0 Å². The maximum Gasteiger partial charge on any atom is 0.323 e. The van der Waals surface area contributed by atoms with E-state index in [-0.39, 0.29) is 0 Å². The Morgan fingerprint density at radius 2 is 2.00 bits per heavy atom. The number of carboxylic acid groups (broad SMARTS) is 1. The monoisotopic (exact) mass is 233 g/mol. The van der Waals surface area contributed by atoms with E-state index in [1.807, 2.05) is 6.07 Å². The van der Waals surface area contributed by atoms with E-state index in [1.54, 1.807) is 24.3 Å². The van der Waals surface area contributed by atoms with Crippen molar-refractivity contribution in [2.75, 3.05) is 18.5 Å². The van der Waals surface area contributed by atoms with Crippen molar-refractivity contribution in [3.05, 3.63) is 29.8 Å². The lowest BCUT2D eigenvalue weighted by Crippen LogP contribution is -2.39. The van der Waals surface area contributed by atoms with Gasteiger partial charge in [0.2, 0.25) is 0 Å². The largest absolute Gasteiger partial charge is 0.480 e. The molecule has 0 bridgehead atoms. The minimum absolute atomic E-state index is 0.431. The molecule has 0 aliphatic heterocycles. The second kappa shape index (κ2) is 5.51. The van der Waals surface area contributed by atoms with E-state index in [9.17, 15) is 9.59 Å². The van der Waals surface area contributed by atoms with Gasteiger partial charge in [-0.2, -0.15) is 5.26 Å². The standard InChI is InChI=1S/C11H11N3O3/c1-14(11(17)13-7-10(15)16)9-4-2-8(6-12)3-5-9/h2-5H,7H2,1H3,(H,13,17)(H,15,16). The van der Waals surface area contributed by atoms with Crippen LogP contribution in [0, 0.1) is 11.3 Å². The third-order valence-corrected chi connectivity index (χ3v) is 2.08. The summed E-state index contributed by atoms with van der Waals surface area (Å²) in [5, 5.41) is 19.3. The summed E-state index contributed by atoms with van der Waals surface area (Å²) in [5.74, 6) is -1.11. The number of amides is 2. The van der Waals surface area contributed by atoms with E-state index in [0.29, 0.717) is 11.3 Å². The number of benzene rings is 1. The van der Waals surface area contributed by atoms with Crippen LogP contribution < -0.4 is 10.2 Å². The van der Waals surface area contributed by atoms with Gasteiger partial charge in [-0.05, 0) is 24.3 Å². The van der Waals surface area contributed by atoms with Crippen molar-refractivity contribution in [1.29, 1.82) is 5.26 Å². The Bertz CT molecular complexity index is 462. The highest BCUT2D eigenvalue weighted by molar-refractivity contribution is 5.93. The minimum Gasteiger partial charge on any atom is -0.480 e. The number of urea groups is 1. The maximum absolute atomic E-state index is 11.5. The molecule has 1 rings (SSSR count). The quantitative estimate of drug-likeness (QED) is 0.807. The average Bonchev–Trinajstić information content (AvgIpc) is 2.35. The number of aliphatic carboxylic acids is 1. The van der Waals surface area contributed by atoms with Crippen molar-refractivity contribution in [2.45, 2.75) is 0 Å². The van der Waals surface area contributed by atoms with E-state index in [0.717, 1.165) is 0 Å². The zero-order valence-corrected chi connectivity index (χ0v) is 9.17. The van der Waals surface area contributed by atoms with Gasteiger partial charge in [0.15, 0.2) is 0 Å². The van der Waals surface area contributed by atoms with Gasteiger partial charge in [-0.3, -0.25) is 9.69 Å². The summed E-state index contributed by atoms with van der Waals surface area (Å²) in [5.41, 5.74) is 1.07. The molecule has 17 heavy (non-hydrogen) atoms. The van der Waals surface area contributed by atoms with Crippen LogP contribution in [0.15, 0.2) is 24.3 Å². The van der Waals surface area contributed by atoms with E-state index in [2.05, 4.69) is 5.32 Å². The van der Waals surface area contributed by atoms with Crippen LogP contribution >= 0.6 is 0 Å². The number of nitrogens with one attached hydrogen (secondary N) is 1. The zero-order valence-electron chi connectivity index (χ0n) is 9.17. The predicted molar refractivity (Wildman–Crippen MR) is 60.6 cm³/mol. The molecule has 0 radical (unpaired) electrons. The Hall–Kier alpha value is -2.55. The molecule has 2 amide bonds. The van der Waals surface area contributed by atoms with Crippen LogP contribution in [0.25, 0.3) is 0 Å². The molecule has 0 atom stereocenters. The molecule has 0 saturated heterocycles. The van der Waals surface area contributed by atoms with Gasteiger partial charge in [0.1, 0.15) is 6.54 Å². The highest BCUT2D eigenvalue weighted by Gasteiger charge is 2.11. The van der Waals surface area contributed by atoms with Crippen molar-refractivity contribution in [3.8, 4) is 6.07 Å². The molecule has 0 aliphatic carbocycles. The van der Waals surface area contributed by atoms with Crippen LogP contribution in [-0.4, -0.2) is 30.7 Å². The van der Waals surface area contributed by atoms with Crippen LogP contribution in [0.1, 0.15) is 5.56 Å².